The predicted molar refractivity (Wildman–Crippen MR) is 45.5 cm³/mol. The lowest BCUT2D eigenvalue weighted by atomic mass is 10.2. The fourth-order valence-corrected chi connectivity index (χ4v) is 0.636. The van der Waals surface area contributed by atoms with Gasteiger partial charge < -0.3 is 5.01 Å². The Kier molecular flexibility index (Phi) is 4.55. The van der Waals surface area contributed by atoms with Crippen molar-refractivity contribution in [1.29, 1.82) is 0 Å². The van der Waals surface area contributed by atoms with E-state index in [0.717, 1.165) is 12.2 Å². The van der Waals surface area contributed by atoms with Crippen molar-refractivity contribution in [3.63, 3.8) is 0 Å². The van der Waals surface area contributed by atoms with Crippen LogP contribution in [0.1, 0.15) is 13.8 Å². The molecule has 0 aromatic heterocycles. The summed E-state index contributed by atoms with van der Waals surface area (Å²) in [5, 5.41) is 1.18. The van der Waals surface area contributed by atoms with E-state index in [-0.39, 0.29) is 0 Å². The van der Waals surface area contributed by atoms with Crippen LogP contribution in [0.4, 0.5) is 13.2 Å². The van der Waals surface area contributed by atoms with Crippen molar-refractivity contribution >= 4 is 0 Å². The molecule has 0 unspecified atom stereocenters. The molecule has 0 radical (unpaired) electrons. The molecule has 0 atom stereocenters. The standard InChI is InChI=1S/C8H13F3N2/c1-3-7(8(9,10)11)5-6-13(12)4-2/h3,5-6H,4,12H2,1-2H3/b6-5-,7-3+. The van der Waals surface area contributed by atoms with Crippen molar-refractivity contribution in [2.75, 3.05) is 6.54 Å². The zero-order valence-electron chi connectivity index (χ0n) is 7.60. The molecule has 0 rings (SSSR count). The summed E-state index contributed by atoms with van der Waals surface area (Å²) in [6, 6.07) is 0. The van der Waals surface area contributed by atoms with E-state index >= 15 is 0 Å². The molecule has 0 heterocycles. The first kappa shape index (κ1) is 12.0. The molecular weight excluding hydrogens is 181 g/mol. The largest absolute Gasteiger partial charge is 0.416 e. The van der Waals surface area contributed by atoms with E-state index in [1.54, 1.807) is 6.92 Å². The van der Waals surface area contributed by atoms with E-state index in [4.69, 9.17) is 5.84 Å². The highest BCUT2D eigenvalue weighted by atomic mass is 19.4. The molecule has 0 spiro atoms. The normalized spacial score (nSPS) is 13.8. The lowest BCUT2D eigenvalue weighted by molar-refractivity contribution is -0.0883. The summed E-state index contributed by atoms with van der Waals surface area (Å²) in [4.78, 5) is 0. The van der Waals surface area contributed by atoms with Gasteiger partial charge in [-0.05, 0) is 19.9 Å². The average molecular weight is 194 g/mol. The van der Waals surface area contributed by atoms with E-state index in [2.05, 4.69) is 0 Å². The SMILES string of the molecule is C/C=C(\C=C/N(N)CC)C(F)(F)F. The molecular formula is C8H13F3N2. The summed E-state index contributed by atoms with van der Waals surface area (Å²) < 4.78 is 36.3. The van der Waals surface area contributed by atoms with E-state index in [1.807, 2.05) is 0 Å². The third kappa shape index (κ3) is 4.57. The Morgan fingerprint density at radius 1 is 1.46 bits per heavy atom. The molecule has 0 aliphatic heterocycles. The lowest BCUT2D eigenvalue weighted by Crippen LogP contribution is -2.24. The van der Waals surface area contributed by atoms with Crippen LogP contribution >= 0.6 is 0 Å². The van der Waals surface area contributed by atoms with Gasteiger partial charge in [0, 0.05) is 12.7 Å². The number of halogens is 3. The molecule has 13 heavy (non-hydrogen) atoms. The quantitative estimate of drug-likeness (QED) is 0.424. The Hall–Kier alpha value is -0.970. The average Bonchev–Trinajstić information content (AvgIpc) is 2.02. The van der Waals surface area contributed by atoms with E-state index in [9.17, 15) is 13.2 Å². The number of rotatable bonds is 3. The van der Waals surface area contributed by atoms with E-state index in [0.29, 0.717) is 6.54 Å². The number of hydrogen-bond donors (Lipinski definition) is 1. The maximum Gasteiger partial charge on any atom is 0.416 e. The minimum atomic E-state index is -4.31. The number of hydrazine groups is 1. The van der Waals surface area contributed by atoms with Gasteiger partial charge in [-0.1, -0.05) is 6.08 Å². The van der Waals surface area contributed by atoms with E-state index < -0.39 is 11.7 Å². The van der Waals surface area contributed by atoms with Gasteiger partial charge in [-0.2, -0.15) is 13.2 Å². The highest BCUT2D eigenvalue weighted by molar-refractivity contribution is 5.22. The predicted octanol–water partition coefficient (Wildman–Crippen LogP) is 2.20. The molecule has 0 bridgehead atoms. The second-order valence-electron chi connectivity index (χ2n) is 2.39. The Morgan fingerprint density at radius 3 is 2.31 bits per heavy atom. The molecule has 2 nitrogen and oxygen atoms in total. The van der Waals surface area contributed by atoms with Gasteiger partial charge in [0.15, 0.2) is 0 Å². The van der Waals surface area contributed by atoms with Crippen molar-refractivity contribution in [2.24, 2.45) is 5.84 Å². The third-order valence-electron chi connectivity index (χ3n) is 1.45. The maximum absolute atomic E-state index is 12.1. The summed E-state index contributed by atoms with van der Waals surface area (Å²) >= 11 is 0. The zero-order valence-corrected chi connectivity index (χ0v) is 7.60. The smallest absolute Gasteiger partial charge is 0.319 e. The topological polar surface area (TPSA) is 29.3 Å². The Balaban J connectivity index is 4.41. The highest BCUT2D eigenvalue weighted by Crippen LogP contribution is 2.26. The van der Waals surface area contributed by atoms with Gasteiger partial charge in [0.2, 0.25) is 0 Å². The summed E-state index contributed by atoms with van der Waals surface area (Å²) in [5.41, 5.74) is -0.698. The minimum Gasteiger partial charge on any atom is -0.319 e. The molecule has 0 amide bonds. The molecule has 2 N–H and O–H groups in total. The summed E-state index contributed by atoms with van der Waals surface area (Å²) in [7, 11) is 0. The fraction of sp³-hybridized carbons (Fsp3) is 0.500. The van der Waals surface area contributed by atoms with Gasteiger partial charge >= 0.3 is 6.18 Å². The second-order valence-corrected chi connectivity index (χ2v) is 2.39. The lowest BCUT2D eigenvalue weighted by Gasteiger charge is -2.11. The Bertz CT molecular complexity index is 206. The van der Waals surface area contributed by atoms with Gasteiger partial charge in [-0.3, -0.25) is 0 Å². The molecule has 0 aliphatic rings. The minimum absolute atomic E-state index is 0.464. The maximum atomic E-state index is 12.1. The molecule has 76 valence electrons. The van der Waals surface area contributed by atoms with Crippen LogP contribution in [-0.2, 0) is 0 Å². The first-order valence-corrected chi connectivity index (χ1v) is 3.84. The Morgan fingerprint density at radius 2 is 2.00 bits per heavy atom. The number of hydrogen-bond acceptors (Lipinski definition) is 2. The molecule has 0 aromatic carbocycles. The summed E-state index contributed by atoms with van der Waals surface area (Å²) in [5.74, 6) is 5.27. The molecule has 5 heteroatoms. The van der Waals surface area contributed by atoms with Crippen LogP contribution < -0.4 is 5.84 Å². The van der Waals surface area contributed by atoms with Crippen molar-refractivity contribution in [2.45, 2.75) is 20.0 Å². The second kappa shape index (κ2) is 4.91. The molecule has 0 aliphatic carbocycles. The number of alkyl halides is 3. The Labute approximate surface area is 75.5 Å². The number of nitrogens with zero attached hydrogens (tertiary/aromatic N) is 1. The van der Waals surface area contributed by atoms with Gasteiger partial charge in [-0.25, -0.2) is 5.84 Å². The number of nitrogens with two attached hydrogens (primary N) is 1. The van der Waals surface area contributed by atoms with Gasteiger partial charge in [-0.15, -0.1) is 0 Å². The van der Waals surface area contributed by atoms with Gasteiger partial charge in [0.25, 0.3) is 0 Å². The zero-order chi connectivity index (χ0) is 10.5. The monoisotopic (exact) mass is 194 g/mol. The van der Waals surface area contributed by atoms with Crippen molar-refractivity contribution in [3.8, 4) is 0 Å². The molecule has 0 fully saturated rings. The molecule has 0 saturated carbocycles. The van der Waals surface area contributed by atoms with Crippen LogP contribution in [0.15, 0.2) is 23.9 Å². The van der Waals surface area contributed by atoms with Crippen LogP contribution in [0.25, 0.3) is 0 Å². The number of allylic oxidation sites excluding steroid dienone is 3. The van der Waals surface area contributed by atoms with Crippen LogP contribution in [-0.4, -0.2) is 17.7 Å². The van der Waals surface area contributed by atoms with Gasteiger partial charge in [0.05, 0.1) is 5.57 Å². The summed E-state index contributed by atoms with van der Waals surface area (Å²) in [6.07, 6.45) is -1.16. The fourth-order valence-electron chi connectivity index (χ4n) is 0.636. The van der Waals surface area contributed by atoms with Crippen molar-refractivity contribution in [1.82, 2.24) is 5.01 Å². The van der Waals surface area contributed by atoms with Gasteiger partial charge in [0.1, 0.15) is 0 Å². The van der Waals surface area contributed by atoms with Crippen LogP contribution in [0.3, 0.4) is 0 Å². The summed E-state index contributed by atoms with van der Waals surface area (Å²) in [6.45, 7) is 3.54. The van der Waals surface area contributed by atoms with Crippen LogP contribution in [0.5, 0.6) is 0 Å². The third-order valence-corrected chi connectivity index (χ3v) is 1.45. The first-order valence-electron chi connectivity index (χ1n) is 3.84. The van der Waals surface area contributed by atoms with Crippen molar-refractivity contribution in [3.05, 3.63) is 23.9 Å². The van der Waals surface area contributed by atoms with Crippen LogP contribution in [0, 0.1) is 0 Å². The molecule has 0 aromatic rings. The van der Waals surface area contributed by atoms with Crippen molar-refractivity contribution < 1.29 is 13.2 Å². The molecule has 0 saturated heterocycles. The van der Waals surface area contributed by atoms with Crippen LogP contribution in [0.2, 0.25) is 0 Å². The first-order chi connectivity index (χ1) is 5.91. The van der Waals surface area contributed by atoms with E-state index in [1.165, 1.54) is 18.1 Å². The highest BCUT2D eigenvalue weighted by Gasteiger charge is 2.30.